The number of fused-ring (bicyclic) bond motifs is 2. The van der Waals surface area contributed by atoms with Gasteiger partial charge >= 0.3 is 0 Å². The van der Waals surface area contributed by atoms with E-state index in [1.807, 2.05) is 6.92 Å². The monoisotopic (exact) mass is 464 g/mol. The number of nitrogens with one attached hydrogen (secondary N) is 2. The molecule has 0 spiro atoms. The number of unbranched alkanes of at least 4 members (excludes halogenated alkanes) is 4. The highest BCUT2D eigenvalue weighted by atomic mass is 16.2. The van der Waals surface area contributed by atoms with Crippen LogP contribution in [0.15, 0.2) is 24.3 Å². The molecule has 184 valence electrons. The lowest BCUT2D eigenvalue weighted by Gasteiger charge is -2.25. The van der Waals surface area contributed by atoms with Crippen molar-refractivity contribution >= 4 is 28.4 Å². The molecule has 6 nitrogen and oxygen atoms in total. The summed E-state index contributed by atoms with van der Waals surface area (Å²) in [4.78, 5) is 31.1. The minimum absolute atomic E-state index is 0.00913. The molecule has 2 aliphatic rings. The van der Waals surface area contributed by atoms with Gasteiger partial charge in [-0.15, -0.1) is 0 Å². The third-order valence-electron chi connectivity index (χ3n) is 7.30. The van der Waals surface area contributed by atoms with Crippen LogP contribution in [0.1, 0.15) is 82.4 Å². The average Bonchev–Trinajstić information content (AvgIpc) is 3.28. The lowest BCUT2D eigenvalue weighted by Crippen LogP contribution is -2.47. The van der Waals surface area contributed by atoms with Gasteiger partial charge in [0.1, 0.15) is 6.04 Å². The summed E-state index contributed by atoms with van der Waals surface area (Å²) in [6.45, 7) is 4.38. The standard InChI is InChI=1S/C28H40N4O2/c1-2-25(32-20-12-17-26(32)33)28(34)30-19-11-5-3-4-10-18-29-27-21-13-6-8-15-23(21)31-24-16-9-7-14-22(24)27/h6,8,13,15,25H,2-5,7,9-12,14,16-20H2,1H3,(H,29,31)(H,30,34)/t25-/m1/s1. The Morgan fingerprint density at radius 2 is 1.76 bits per heavy atom. The second kappa shape index (κ2) is 12.2. The third kappa shape index (κ3) is 5.89. The average molecular weight is 465 g/mol. The Hall–Kier alpha value is -2.63. The number of anilines is 1. The van der Waals surface area contributed by atoms with Crippen molar-refractivity contribution in [3.05, 3.63) is 35.5 Å². The Labute approximate surface area is 203 Å². The van der Waals surface area contributed by atoms with Gasteiger partial charge in [0, 0.05) is 42.8 Å². The van der Waals surface area contributed by atoms with Gasteiger partial charge < -0.3 is 15.5 Å². The molecular weight excluding hydrogens is 424 g/mol. The van der Waals surface area contributed by atoms with E-state index in [1.165, 1.54) is 48.0 Å². The highest BCUT2D eigenvalue weighted by Crippen LogP contribution is 2.33. The van der Waals surface area contributed by atoms with Crippen molar-refractivity contribution in [2.24, 2.45) is 0 Å². The highest BCUT2D eigenvalue weighted by Gasteiger charge is 2.31. The summed E-state index contributed by atoms with van der Waals surface area (Å²) >= 11 is 0. The maximum atomic E-state index is 12.5. The fourth-order valence-corrected chi connectivity index (χ4v) is 5.44. The minimum Gasteiger partial charge on any atom is -0.384 e. The van der Waals surface area contributed by atoms with E-state index in [0.29, 0.717) is 19.4 Å². The number of rotatable bonds is 12. The van der Waals surface area contributed by atoms with Crippen LogP contribution in [0.2, 0.25) is 0 Å². The molecule has 1 aliphatic carbocycles. The van der Waals surface area contributed by atoms with Gasteiger partial charge in [-0.1, -0.05) is 44.4 Å². The summed E-state index contributed by atoms with van der Waals surface area (Å²) in [7, 11) is 0. The number of hydrogen-bond acceptors (Lipinski definition) is 4. The molecule has 1 aromatic carbocycles. The van der Waals surface area contributed by atoms with Crippen molar-refractivity contribution in [2.75, 3.05) is 25.0 Å². The third-order valence-corrected chi connectivity index (χ3v) is 7.30. The van der Waals surface area contributed by atoms with Crippen molar-refractivity contribution in [1.29, 1.82) is 0 Å². The molecule has 1 saturated heterocycles. The zero-order valence-corrected chi connectivity index (χ0v) is 20.7. The van der Waals surface area contributed by atoms with Crippen molar-refractivity contribution in [3.63, 3.8) is 0 Å². The Morgan fingerprint density at radius 1 is 1.00 bits per heavy atom. The molecule has 34 heavy (non-hydrogen) atoms. The van der Waals surface area contributed by atoms with E-state index in [0.717, 1.165) is 57.1 Å². The molecule has 1 atom stereocenters. The lowest BCUT2D eigenvalue weighted by molar-refractivity contribution is -0.137. The molecule has 4 rings (SSSR count). The summed E-state index contributed by atoms with van der Waals surface area (Å²) in [5.74, 6) is 0.130. The second-order valence-electron chi connectivity index (χ2n) is 9.74. The van der Waals surface area contributed by atoms with Crippen LogP contribution in [-0.2, 0) is 22.4 Å². The highest BCUT2D eigenvalue weighted by molar-refractivity contribution is 5.93. The molecule has 2 heterocycles. The number of benzene rings is 1. The quantitative estimate of drug-likeness (QED) is 0.434. The van der Waals surface area contributed by atoms with Crippen molar-refractivity contribution in [1.82, 2.24) is 15.2 Å². The number of amides is 2. The van der Waals surface area contributed by atoms with Crippen LogP contribution < -0.4 is 10.6 Å². The van der Waals surface area contributed by atoms with Gasteiger partial charge in [-0.25, -0.2) is 0 Å². The summed E-state index contributed by atoms with van der Waals surface area (Å²) in [6, 6.07) is 8.20. The van der Waals surface area contributed by atoms with Crippen LogP contribution >= 0.6 is 0 Å². The van der Waals surface area contributed by atoms with E-state index in [2.05, 4.69) is 34.9 Å². The number of nitrogens with zero attached hydrogens (tertiary/aromatic N) is 2. The number of para-hydroxylation sites is 1. The molecule has 6 heteroatoms. The first kappa shape index (κ1) is 24.5. The number of carbonyl (C=O) groups excluding carboxylic acids is 2. The number of pyridine rings is 1. The summed E-state index contributed by atoms with van der Waals surface area (Å²) in [5.41, 5.74) is 5.13. The first-order chi connectivity index (χ1) is 16.7. The Bertz CT molecular complexity index is 990. The minimum atomic E-state index is -0.295. The predicted molar refractivity (Wildman–Crippen MR) is 138 cm³/mol. The topological polar surface area (TPSA) is 74.3 Å². The van der Waals surface area contributed by atoms with Crippen molar-refractivity contribution in [2.45, 2.75) is 90.0 Å². The van der Waals surface area contributed by atoms with Gasteiger partial charge in [0.2, 0.25) is 11.8 Å². The molecule has 1 aromatic heterocycles. The van der Waals surface area contributed by atoms with Crippen LogP contribution in [0.25, 0.3) is 10.9 Å². The lowest BCUT2D eigenvalue weighted by atomic mass is 9.92. The van der Waals surface area contributed by atoms with Gasteiger partial charge in [-0.2, -0.15) is 0 Å². The molecular formula is C28H40N4O2. The molecule has 2 amide bonds. The van der Waals surface area contributed by atoms with Gasteiger partial charge in [-0.05, 0) is 63.0 Å². The molecule has 2 N–H and O–H groups in total. The first-order valence-corrected chi connectivity index (χ1v) is 13.4. The van der Waals surface area contributed by atoms with Crippen molar-refractivity contribution < 1.29 is 9.59 Å². The van der Waals surface area contributed by atoms with E-state index in [4.69, 9.17) is 4.98 Å². The normalized spacial score (nSPS) is 16.5. The number of carbonyl (C=O) groups is 2. The smallest absolute Gasteiger partial charge is 0.242 e. The Morgan fingerprint density at radius 3 is 2.56 bits per heavy atom. The molecule has 0 bridgehead atoms. The fourth-order valence-electron chi connectivity index (χ4n) is 5.44. The van der Waals surface area contributed by atoms with Gasteiger partial charge in [0.25, 0.3) is 0 Å². The van der Waals surface area contributed by atoms with Crippen LogP contribution in [0.4, 0.5) is 5.69 Å². The van der Waals surface area contributed by atoms with Crippen LogP contribution in [0.5, 0.6) is 0 Å². The van der Waals surface area contributed by atoms with Crippen LogP contribution in [-0.4, -0.2) is 47.4 Å². The first-order valence-electron chi connectivity index (χ1n) is 13.4. The van der Waals surface area contributed by atoms with Gasteiger partial charge in [0.05, 0.1) is 5.52 Å². The van der Waals surface area contributed by atoms with Crippen molar-refractivity contribution in [3.8, 4) is 0 Å². The molecule has 1 fully saturated rings. The fraction of sp³-hybridized carbons (Fsp3) is 0.607. The van der Waals surface area contributed by atoms with Gasteiger partial charge in [0.15, 0.2) is 0 Å². The maximum absolute atomic E-state index is 12.5. The number of aromatic nitrogens is 1. The zero-order chi connectivity index (χ0) is 23.8. The molecule has 0 unspecified atom stereocenters. The summed E-state index contributed by atoms with van der Waals surface area (Å²) < 4.78 is 0. The predicted octanol–water partition coefficient (Wildman–Crippen LogP) is 4.99. The largest absolute Gasteiger partial charge is 0.384 e. The van der Waals surface area contributed by atoms with E-state index >= 15 is 0 Å². The maximum Gasteiger partial charge on any atom is 0.242 e. The van der Waals surface area contributed by atoms with E-state index in [9.17, 15) is 9.59 Å². The second-order valence-corrected chi connectivity index (χ2v) is 9.74. The molecule has 1 aliphatic heterocycles. The zero-order valence-electron chi connectivity index (χ0n) is 20.7. The summed E-state index contributed by atoms with van der Waals surface area (Å²) in [6.07, 6.45) is 12.5. The van der Waals surface area contributed by atoms with E-state index in [1.54, 1.807) is 4.90 Å². The molecule has 0 radical (unpaired) electrons. The van der Waals surface area contributed by atoms with E-state index < -0.39 is 0 Å². The number of likely N-dealkylation sites (tertiary alicyclic amines) is 1. The van der Waals surface area contributed by atoms with Crippen LogP contribution in [0.3, 0.4) is 0 Å². The Balaban J connectivity index is 1.14. The van der Waals surface area contributed by atoms with E-state index in [-0.39, 0.29) is 17.9 Å². The molecule has 0 saturated carbocycles. The SMILES string of the molecule is CC[C@H](C(=O)NCCCCCCCNc1c2c(nc3ccccc13)CCCC2)N1CCCC1=O. The Kier molecular flexibility index (Phi) is 8.78. The van der Waals surface area contributed by atoms with Gasteiger partial charge in [-0.3, -0.25) is 14.6 Å². The molecule has 2 aromatic rings. The number of aryl methyl sites for hydroxylation is 1. The number of hydrogen-bond donors (Lipinski definition) is 2. The summed E-state index contributed by atoms with van der Waals surface area (Å²) in [5, 5.41) is 8.05. The van der Waals surface area contributed by atoms with Crippen LogP contribution in [0, 0.1) is 0 Å².